The van der Waals surface area contributed by atoms with Gasteiger partial charge in [-0.3, -0.25) is 4.90 Å². The van der Waals surface area contributed by atoms with E-state index in [0.29, 0.717) is 11.0 Å². The molecule has 0 aromatic heterocycles. The summed E-state index contributed by atoms with van der Waals surface area (Å²) >= 11 is 0. The normalized spacial score (nSPS) is 39.2. The summed E-state index contributed by atoms with van der Waals surface area (Å²) in [6.45, 7) is 12.6. The molecule has 0 amide bonds. The molecule has 1 nitrogen and oxygen atoms in total. The number of piperidine rings is 1. The van der Waals surface area contributed by atoms with Gasteiger partial charge < -0.3 is 0 Å². The average Bonchev–Trinajstić information content (AvgIpc) is 2.28. The second kappa shape index (κ2) is 4.91. The highest BCUT2D eigenvalue weighted by Crippen LogP contribution is 2.47. The second-order valence-corrected chi connectivity index (χ2v) is 7.57. The van der Waals surface area contributed by atoms with Gasteiger partial charge in [0.2, 0.25) is 0 Å². The van der Waals surface area contributed by atoms with E-state index in [4.69, 9.17) is 0 Å². The van der Waals surface area contributed by atoms with Gasteiger partial charge in [0.25, 0.3) is 0 Å². The van der Waals surface area contributed by atoms with Gasteiger partial charge in [-0.05, 0) is 63.5 Å². The summed E-state index contributed by atoms with van der Waals surface area (Å²) in [5, 5.41) is 0. The van der Waals surface area contributed by atoms with Crippen molar-refractivity contribution >= 4 is 0 Å². The number of rotatable bonds is 2. The Bertz CT molecular complexity index is 252. The first-order chi connectivity index (χ1) is 7.95. The molecule has 100 valence electrons. The molecular weight excluding hydrogens is 206 g/mol. The van der Waals surface area contributed by atoms with Crippen LogP contribution in [0.25, 0.3) is 0 Å². The van der Waals surface area contributed by atoms with E-state index in [1.165, 1.54) is 58.0 Å². The number of hydrogen-bond acceptors (Lipinski definition) is 1. The Morgan fingerprint density at radius 2 is 1.65 bits per heavy atom. The number of hydrogen-bond donors (Lipinski definition) is 0. The summed E-state index contributed by atoms with van der Waals surface area (Å²) < 4.78 is 0. The maximum atomic E-state index is 2.82. The van der Waals surface area contributed by atoms with Crippen molar-refractivity contribution in [1.29, 1.82) is 0 Å². The topological polar surface area (TPSA) is 3.24 Å². The zero-order valence-electron chi connectivity index (χ0n) is 12.4. The van der Waals surface area contributed by atoms with Gasteiger partial charge in [-0.15, -0.1) is 0 Å². The zero-order chi connectivity index (χ0) is 12.5. The van der Waals surface area contributed by atoms with Crippen molar-refractivity contribution in [2.24, 2.45) is 11.3 Å². The van der Waals surface area contributed by atoms with Crippen LogP contribution in [0.5, 0.6) is 0 Å². The third-order valence-corrected chi connectivity index (χ3v) is 5.13. The Balaban J connectivity index is 2.10. The molecule has 1 heteroatoms. The van der Waals surface area contributed by atoms with Crippen LogP contribution < -0.4 is 0 Å². The molecule has 0 N–H and O–H groups in total. The van der Waals surface area contributed by atoms with Crippen LogP contribution in [0.3, 0.4) is 0 Å². The highest BCUT2D eigenvalue weighted by atomic mass is 15.2. The quantitative estimate of drug-likeness (QED) is 0.685. The van der Waals surface area contributed by atoms with Crippen LogP contribution in [0.1, 0.15) is 72.6 Å². The predicted octanol–water partition coefficient (Wildman–Crippen LogP) is 4.47. The van der Waals surface area contributed by atoms with E-state index in [2.05, 4.69) is 32.6 Å². The molecule has 1 heterocycles. The van der Waals surface area contributed by atoms with Crippen molar-refractivity contribution in [1.82, 2.24) is 4.90 Å². The van der Waals surface area contributed by atoms with E-state index in [9.17, 15) is 0 Å². The first kappa shape index (κ1) is 13.4. The Kier molecular flexibility index (Phi) is 3.87. The molecule has 2 aliphatic rings. The molecule has 0 aromatic carbocycles. The monoisotopic (exact) mass is 237 g/mol. The first-order valence-corrected chi connectivity index (χ1v) is 7.70. The van der Waals surface area contributed by atoms with E-state index >= 15 is 0 Å². The SMILES string of the molecule is CC[C@H]1CC(C)(C)C[C@](C)(N2CCCCC2)C1. The third-order valence-electron chi connectivity index (χ3n) is 5.13. The minimum Gasteiger partial charge on any atom is -0.298 e. The summed E-state index contributed by atoms with van der Waals surface area (Å²) in [5.41, 5.74) is 1.04. The van der Waals surface area contributed by atoms with E-state index in [1.807, 2.05) is 0 Å². The second-order valence-electron chi connectivity index (χ2n) is 7.57. The molecule has 1 saturated carbocycles. The lowest BCUT2D eigenvalue weighted by Crippen LogP contribution is -2.54. The standard InChI is InChI=1S/C16H31N/c1-5-14-11-15(2,3)13-16(4,12-14)17-9-7-6-8-10-17/h14H,5-13H2,1-4H3/t14-,16+/m0/s1. The van der Waals surface area contributed by atoms with Gasteiger partial charge in [0.15, 0.2) is 0 Å². The number of likely N-dealkylation sites (tertiary alicyclic amines) is 1. The fourth-order valence-electron chi connectivity index (χ4n) is 4.61. The third kappa shape index (κ3) is 3.05. The average molecular weight is 237 g/mol. The van der Waals surface area contributed by atoms with Crippen molar-refractivity contribution in [2.45, 2.75) is 78.2 Å². The Hall–Kier alpha value is -0.0400. The summed E-state index contributed by atoms with van der Waals surface area (Å²) in [5.74, 6) is 0.950. The highest BCUT2D eigenvalue weighted by Gasteiger charge is 2.43. The maximum Gasteiger partial charge on any atom is 0.0189 e. The van der Waals surface area contributed by atoms with Crippen LogP contribution in [0, 0.1) is 11.3 Å². The summed E-state index contributed by atoms with van der Waals surface area (Å²) in [6, 6.07) is 0. The minimum atomic E-state index is 0.489. The van der Waals surface area contributed by atoms with Gasteiger partial charge in [0, 0.05) is 5.54 Å². The molecule has 1 saturated heterocycles. The Morgan fingerprint density at radius 1 is 1.00 bits per heavy atom. The molecule has 2 rings (SSSR count). The molecule has 0 radical (unpaired) electrons. The molecule has 2 atom stereocenters. The molecular formula is C16H31N. The van der Waals surface area contributed by atoms with Gasteiger partial charge in [-0.25, -0.2) is 0 Å². The van der Waals surface area contributed by atoms with Crippen LogP contribution >= 0.6 is 0 Å². The lowest BCUT2D eigenvalue weighted by Gasteiger charge is -2.53. The van der Waals surface area contributed by atoms with Gasteiger partial charge in [-0.2, -0.15) is 0 Å². The van der Waals surface area contributed by atoms with Crippen molar-refractivity contribution in [3.8, 4) is 0 Å². The van der Waals surface area contributed by atoms with Crippen LogP contribution in [0.4, 0.5) is 0 Å². The molecule has 0 bridgehead atoms. The number of nitrogens with zero attached hydrogens (tertiary/aromatic N) is 1. The van der Waals surface area contributed by atoms with Crippen molar-refractivity contribution in [2.75, 3.05) is 13.1 Å². The van der Waals surface area contributed by atoms with Gasteiger partial charge in [0.1, 0.15) is 0 Å². The molecule has 17 heavy (non-hydrogen) atoms. The Labute approximate surface area is 108 Å². The summed E-state index contributed by atoms with van der Waals surface area (Å²) in [4.78, 5) is 2.82. The lowest BCUT2D eigenvalue weighted by atomic mass is 9.63. The van der Waals surface area contributed by atoms with E-state index in [1.54, 1.807) is 0 Å². The van der Waals surface area contributed by atoms with Gasteiger partial charge in [0.05, 0.1) is 0 Å². The van der Waals surface area contributed by atoms with E-state index < -0.39 is 0 Å². The maximum absolute atomic E-state index is 2.82. The van der Waals surface area contributed by atoms with Crippen molar-refractivity contribution in [3.63, 3.8) is 0 Å². The van der Waals surface area contributed by atoms with Crippen LogP contribution in [-0.2, 0) is 0 Å². The lowest BCUT2D eigenvalue weighted by molar-refractivity contribution is -0.0192. The minimum absolute atomic E-state index is 0.489. The zero-order valence-corrected chi connectivity index (χ0v) is 12.4. The van der Waals surface area contributed by atoms with Crippen molar-refractivity contribution in [3.05, 3.63) is 0 Å². The molecule has 1 aliphatic carbocycles. The molecule has 0 aromatic rings. The van der Waals surface area contributed by atoms with Gasteiger partial charge >= 0.3 is 0 Å². The van der Waals surface area contributed by atoms with Gasteiger partial charge in [-0.1, -0.05) is 33.6 Å². The highest BCUT2D eigenvalue weighted by molar-refractivity contribution is 4.98. The fourth-order valence-corrected chi connectivity index (χ4v) is 4.61. The smallest absolute Gasteiger partial charge is 0.0189 e. The molecule has 0 unspecified atom stereocenters. The molecule has 1 aliphatic heterocycles. The summed E-state index contributed by atoms with van der Waals surface area (Å²) in [6.07, 6.45) is 9.94. The van der Waals surface area contributed by atoms with E-state index in [0.717, 1.165) is 5.92 Å². The van der Waals surface area contributed by atoms with E-state index in [-0.39, 0.29) is 0 Å². The molecule has 0 spiro atoms. The van der Waals surface area contributed by atoms with Crippen LogP contribution in [0.15, 0.2) is 0 Å². The van der Waals surface area contributed by atoms with Crippen LogP contribution in [-0.4, -0.2) is 23.5 Å². The van der Waals surface area contributed by atoms with Crippen LogP contribution in [0.2, 0.25) is 0 Å². The summed E-state index contributed by atoms with van der Waals surface area (Å²) in [7, 11) is 0. The Morgan fingerprint density at radius 3 is 2.24 bits per heavy atom. The molecule has 2 fully saturated rings. The van der Waals surface area contributed by atoms with Crippen molar-refractivity contribution < 1.29 is 0 Å². The predicted molar refractivity (Wildman–Crippen MR) is 75.2 cm³/mol. The fraction of sp³-hybridized carbons (Fsp3) is 1.00. The first-order valence-electron chi connectivity index (χ1n) is 7.70. The largest absolute Gasteiger partial charge is 0.298 e.